The average molecular weight is 275 g/mol. The summed E-state index contributed by atoms with van der Waals surface area (Å²) in [5.74, 6) is 1.03. The van der Waals surface area contributed by atoms with E-state index in [1.807, 2.05) is 0 Å². The second-order valence-corrected chi connectivity index (χ2v) is 6.79. The van der Waals surface area contributed by atoms with Crippen molar-refractivity contribution in [3.63, 3.8) is 0 Å². The van der Waals surface area contributed by atoms with Gasteiger partial charge in [-0.3, -0.25) is 0 Å². The molecule has 0 aromatic heterocycles. The zero-order valence-corrected chi connectivity index (χ0v) is 13.4. The molecule has 0 radical (unpaired) electrons. The van der Waals surface area contributed by atoms with Crippen molar-refractivity contribution >= 4 is 0 Å². The van der Waals surface area contributed by atoms with Crippen molar-refractivity contribution in [1.82, 2.24) is 5.32 Å². The highest BCUT2D eigenvalue weighted by atomic mass is 16.5. The van der Waals surface area contributed by atoms with Crippen molar-refractivity contribution in [2.24, 2.45) is 0 Å². The van der Waals surface area contributed by atoms with E-state index >= 15 is 0 Å². The Kier molecular flexibility index (Phi) is 5.09. The third-order valence-corrected chi connectivity index (χ3v) is 4.00. The molecule has 1 N–H and O–H groups in total. The molecule has 2 rings (SSSR count). The highest BCUT2D eigenvalue weighted by molar-refractivity contribution is 5.33. The van der Waals surface area contributed by atoms with Gasteiger partial charge in [0.05, 0.1) is 6.10 Å². The highest BCUT2D eigenvalue weighted by Gasteiger charge is 2.26. The van der Waals surface area contributed by atoms with Crippen LogP contribution in [-0.2, 0) is 5.41 Å². The van der Waals surface area contributed by atoms with E-state index in [-0.39, 0.29) is 5.41 Å². The highest BCUT2D eigenvalue weighted by Crippen LogP contribution is 2.33. The normalized spacial score (nSPS) is 17.0. The van der Waals surface area contributed by atoms with Gasteiger partial charge in [-0.05, 0) is 62.3 Å². The predicted molar refractivity (Wildman–Crippen MR) is 85.5 cm³/mol. The van der Waals surface area contributed by atoms with Crippen LogP contribution in [0.3, 0.4) is 0 Å². The maximum Gasteiger partial charge on any atom is 0.120 e. The van der Waals surface area contributed by atoms with Crippen LogP contribution in [0, 0.1) is 0 Å². The molecule has 1 aliphatic carbocycles. The zero-order chi connectivity index (χ0) is 14.6. The van der Waals surface area contributed by atoms with Crippen LogP contribution < -0.4 is 10.1 Å². The molecule has 0 heterocycles. The van der Waals surface area contributed by atoms with Crippen molar-refractivity contribution in [3.8, 4) is 5.75 Å². The van der Waals surface area contributed by atoms with E-state index in [1.165, 1.54) is 24.8 Å². The van der Waals surface area contributed by atoms with Crippen molar-refractivity contribution in [1.29, 1.82) is 0 Å². The van der Waals surface area contributed by atoms with Gasteiger partial charge in [0.25, 0.3) is 0 Å². The SMILES string of the molecule is CCCNC(C)CC(C)(C)c1cccc(OC2CC2)c1. The second kappa shape index (κ2) is 6.62. The molecule has 1 saturated carbocycles. The van der Waals surface area contributed by atoms with E-state index in [2.05, 4.69) is 57.3 Å². The average Bonchev–Trinajstić information content (AvgIpc) is 3.20. The molecule has 2 nitrogen and oxygen atoms in total. The molecule has 1 fully saturated rings. The van der Waals surface area contributed by atoms with E-state index < -0.39 is 0 Å². The summed E-state index contributed by atoms with van der Waals surface area (Å²) in [5, 5.41) is 3.58. The van der Waals surface area contributed by atoms with Gasteiger partial charge in [-0.2, -0.15) is 0 Å². The molecule has 1 aromatic rings. The second-order valence-electron chi connectivity index (χ2n) is 6.79. The molecule has 0 amide bonds. The predicted octanol–water partition coefficient (Wildman–Crippen LogP) is 4.28. The van der Waals surface area contributed by atoms with Crippen molar-refractivity contribution in [3.05, 3.63) is 29.8 Å². The van der Waals surface area contributed by atoms with E-state index in [4.69, 9.17) is 4.74 Å². The zero-order valence-electron chi connectivity index (χ0n) is 13.4. The molecule has 112 valence electrons. The molecule has 1 unspecified atom stereocenters. The molecule has 1 atom stereocenters. The third-order valence-electron chi connectivity index (χ3n) is 4.00. The Bertz CT molecular complexity index is 423. The summed E-state index contributed by atoms with van der Waals surface area (Å²) < 4.78 is 5.92. The summed E-state index contributed by atoms with van der Waals surface area (Å²) in [7, 11) is 0. The molecule has 0 spiro atoms. The van der Waals surface area contributed by atoms with Gasteiger partial charge in [0.1, 0.15) is 5.75 Å². The molecule has 0 aliphatic heterocycles. The molecular weight excluding hydrogens is 246 g/mol. The van der Waals surface area contributed by atoms with E-state index in [0.29, 0.717) is 12.1 Å². The first-order valence-corrected chi connectivity index (χ1v) is 8.02. The summed E-state index contributed by atoms with van der Waals surface area (Å²) in [5.41, 5.74) is 1.55. The van der Waals surface area contributed by atoms with Crippen LogP contribution in [0.25, 0.3) is 0 Å². The van der Waals surface area contributed by atoms with Gasteiger partial charge in [-0.15, -0.1) is 0 Å². The quantitative estimate of drug-likeness (QED) is 0.764. The van der Waals surface area contributed by atoms with Crippen molar-refractivity contribution in [2.45, 2.75) is 70.9 Å². The summed E-state index contributed by atoms with van der Waals surface area (Å²) >= 11 is 0. The molecule has 0 bridgehead atoms. The Morgan fingerprint density at radius 1 is 1.35 bits per heavy atom. The van der Waals surface area contributed by atoms with E-state index in [0.717, 1.165) is 18.7 Å². The Morgan fingerprint density at radius 3 is 2.75 bits per heavy atom. The van der Waals surface area contributed by atoms with Gasteiger partial charge in [0, 0.05) is 6.04 Å². The number of benzene rings is 1. The lowest BCUT2D eigenvalue weighted by Gasteiger charge is -2.29. The van der Waals surface area contributed by atoms with Crippen LogP contribution in [0.4, 0.5) is 0 Å². The molecule has 2 heteroatoms. The lowest BCUT2D eigenvalue weighted by molar-refractivity contribution is 0.301. The lowest BCUT2D eigenvalue weighted by Crippen LogP contribution is -2.33. The van der Waals surface area contributed by atoms with Crippen LogP contribution in [0.15, 0.2) is 24.3 Å². The fourth-order valence-corrected chi connectivity index (χ4v) is 2.71. The van der Waals surface area contributed by atoms with Crippen LogP contribution in [-0.4, -0.2) is 18.7 Å². The molecule has 20 heavy (non-hydrogen) atoms. The first-order valence-electron chi connectivity index (χ1n) is 8.02. The van der Waals surface area contributed by atoms with E-state index in [9.17, 15) is 0 Å². The topological polar surface area (TPSA) is 21.3 Å². The van der Waals surface area contributed by atoms with Gasteiger partial charge in [0.15, 0.2) is 0 Å². The molecule has 0 saturated heterocycles. The first kappa shape index (κ1) is 15.4. The van der Waals surface area contributed by atoms with E-state index in [1.54, 1.807) is 0 Å². The van der Waals surface area contributed by atoms with Gasteiger partial charge in [0.2, 0.25) is 0 Å². The standard InChI is InChI=1S/C18H29NO/c1-5-11-19-14(2)13-18(3,4)15-7-6-8-17(12-15)20-16-9-10-16/h6-8,12,14,16,19H,5,9-11,13H2,1-4H3. The Balaban J connectivity index is 1.99. The first-order chi connectivity index (χ1) is 9.51. The number of rotatable bonds is 8. The maximum atomic E-state index is 5.92. The van der Waals surface area contributed by atoms with Crippen LogP contribution in [0.5, 0.6) is 5.75 Å². The minimum Gasteiger partial charge on any atom is -0.490 e. The number of ether oxygens (including phenoxy) is 1. The van der Waals surface area contributed by atoms with Crippen molar-refractivity contribution in [2.75, 3.05) is 6.54 Å². The summed E-state index contributed by atoms with van der Waals surface area (Å²) in [6.45, 7) is 10.2. The monoisotopic (exact) mass is 275 g/mol. The molecular formula is C18H29NO. The Labute approximate surface area is 123 Å². The Morgan fingerprint density at radius 2 is 2.10 bits per heavy atom. The van der Waals surface area contributed by atoms with Gasteiger partial charge >= 0.3 is 0 Å². The minimum absolute atomic E-state index is 0.170. The van der Waals surface area contributed by atoms with Gasteiger partial charge in [-0.1, -0.05) is 32.9 Å². The van der Waals surface area contributed by atoms with Crippen molar-refractivity contribution < 1.29 is 4.74 Å². The number of nitrogens with one attached hydrogen (secondary N) is 1. The van der Waals surface area contributed by atoms with Crippen LogP contribution in [0.1, 0.15) is 58.9 Å². The fraction of sp³-hybridized carbons (Fsp3) is 0.667. The Hall–Kier alpha value is -1.02. The van der Waals surface area contributed by atoms with Crippen LogP contribution >= 0.6 is 0 Å². The number of hydrogen-bond donors (Lipinski definition) is 1. The minimum atomic E-state index is 0.170. The maximum absolute atomic E-state index is 5.92. The smallest absolute Gasteiger partial charge is 0.120 e. The number of hydrogen-bond acceptors (Lipinski definition) is 2. The third kappa shape index (κ3) is 4.52. The van der Waals surface area contributed by atoms with Gasteiger partial charge < -0.3 is 10.1 Å². The summed E-state index contributed by atoms with van der Waals surface area (Å²) in [6.07, 6.45) is 5.23. The molecule has 1 aromatic carbocycles. The molecule has 1 aliphatic rings. The lowest BCUT2D eigenvalue weighted by atomic mass is 9.79. The van der Waals surface area contributed by atoms with Crippen LogP contribution in [0.2, 0.25) is 0 Å². The van der Waals surface area contributed by atoms with Gasteiger partial charge in [-0.25, -0.2) is 0 Å². The summed E-state index contributed by atoms with van der Waals surface area (Å²) in [6, 6.07) is 9.20. The fourth-order valence-electron chi connectivity index (χ4n) is 2.71. The summed E-state index contributed by atoms with van der Waals surface area (Å²) in [4.78, 5) is 0. The largest absolute Gasteiger partial charge is 0.490 e.